The average Bonchev–Trinajstić information content (AvgIpc) is 3.37. The van der Waals surface area contributed by atoms with E-state index in [1.807, 2.05) is 17.0 Å². The summed E-state index contributed by atoms with van der Waals surface area (Å²) in [6.07, 6.45) is 2.26. The van der Waals surface area contributed by atoms with Crippen LogP contribution in [-0.4, -0.2) is 57.4 Å². The smallest absolute Gasteiger partial charge is 0.241 e. The molecule has 2 N–H and O–H groups in total. The van der Waals surface area contributed by atoms with Crippen molar-refractivity contribution in [3.63, 3.8) is 0 Å². The Balaban J connectivity index is 1.73. The predicted molar refractivity (Wildman–Crippen MR) is 98.5 cm³/mol. The van der Waals surface area contributed by atoms with Crippen molar-refractivity contribution in [1.29, 1.82) is 0 Å². The third kappa shape index (κ3) is 4.37. The van der Waals surface area contributed by atoms with Gasteiger partial charge >= 0.3 is 0 Å². The number of halogens is 1. The molecular weight excluding hydrogens is 342 g/mol. The summed E-state index contributed by atoms with van der Waals surface area (Å²) >= 11 is 6.46. The molecule has 3 rings (SSSR count). The highest BCUT2D eigenvalue weighted by Gasteiger charge is 2.41. The summed E-state index contributed by atoms with van der Waals surface area (Å²) in [5.74, 6) is 0.696. The van der Waals surface area contributed by atoms with Gasteiger partial charge in [-0.2, -0.15) is 0 Å². The van der Waals surface area contributed by atoms with Gasteiger partial charge in [0.1, 0.15) is 5.75 Å². The highest BCUT2D eigenvalue weighted by Crippen LogP contribution is 2.51. The lowest BCUT2D eigenvalue weighted by molar-refractivity contribution is -0.129. The molecule has 6 nitrogen and oxygen atoms in total. The molecule has 1 amide bonds. The van der Waals surface area contributed by atoms with Crippen LogP contribution in [0.15, 0.2) is 12.1 Å². The van der Waals surface area contributed by atoms with E-state index in [0.29, 0.717) is 10.8 Å². The fourth-order valence-corrected chi connectivity index (χ4v) is 3.43. The van der Waals surface area contributed by atoms with Gasteiger partial charge in [-0.05, 0) is 29.9 Å². The number of nitrogens with one attached hydrogen (secondary N) is 2. The lowest BCUT2D eigenvalue weighted by atomic mass is 9.97. The van der Waals surface area contributed by atoms with Crippen molar-refractivity contribution in [3.05, 3.63) is 22.7 Å². The molecular formula is C18H26ClN3O3. The van der Waals surface area contributed by atoms with Gasteiger partial charge in [-0.15, -0.1) is 0 Å². The molecule has 0 unspecified atom stereocenters. The molecule has 7 heteroatoms. The van der Waals surface area contributed by atoms with Crippen molar-refractivity contribution in [2.45, 2.75) is 25.2 Å². The van der Waals surface area contributed by atoms with Crippen LogP contribution in [0.3, 0.4) is 0 Å². The molecule has 25 heavy (non-hydrogen) atoms. The Morgan fingerprint density at radius 2 is 2.08 bits per heavy atom. The Bertz CT molecular complexity index is 628. The second-order valence-corrected chi connectivity index (χ2v) is 7.33. The van der Waals surface area contributed by atoms with Gasteiger partial charge in [0.25, 0.3) is 0 Å². The summed E-state index contributed by atoms with van der Waals surface area (Å²) in [5.41, 5.74) is 2.03. The van der Waals surface area contributed by atoms with Crippen molar-refractivity contribution in [1.82, 2.24) is 10.2 Å². The second-order valence-electron chi connectivity index (χ2n) is 6.92. The summed E-state index contributed by atoms with van der Waals surface area (Å²) in [6, 6.07) is 3.84. The van der Waals surface area contributed by atoms with E-state index in [0.717, 1.165) is 50.3 Å². The monoisotopic (exact) mass is 367 g/mol. The minimum Gasteiger partial charge on any atom is -0.465 e. The number of hydrogen-bond acceptors (Lipinski definition) is 5. The van der Waals surface area contributed by atoms with E-state index in [1.54, 1.807) is 7.11 Å². The van der Waals surface area contributed by atoms with Gasteiger partial charge in [-0.1, -0.05) is 18.5 Å². The maximum absolute atomic E-state index is 12.4. The first-order valence-electron chi connectivity index (χ1n) is 8.71. The van der Waals surface area contributed by atoms with Crippen molar-refractivity contribution in [2.24, 2.45) is 0 Å². The van der Waals surface area contributed by atoms with E-state index in [4.69, 9.17) is 21.1 Å². The van der Waals surface area contributed by atoms with Crippen LogP contribution in [0.1, 0.15) is 25.3 Å². The number of benzene rings is 1. The van der Waals surface area contributed by atoms with Gasteiger partial charge < -0.3 is 25.0 Å². The number of piperazine rings is 1. The topological polar surface area (TPSA) is 62.8 Å². The number of methoxy groups -OCH3 is 1. The Labute approximate surface area is 153 Å². The fraction of sp³-hybridized carbons (Fsp3) is 0.611. The third-order valence-corrected chi connectivity index (χ3v) is 5.26. The van der Waals surface area contributed by atoms with Gasteiger partial charge in [0.2, 0.25) is 5.91 Å². The van der Waals surface area contributed by atoms with Gasteiger partial charge in [0.15, 0.2) is 6.79 Å². The molecule has 1 aromatic rings. The average molecular weight is 368 g/mol. The fourth-order valence-electron chi connectivity index (χ4n) is 3.05. The Morgan fingerprint density at radius 1 is 1.36 bits per heavy atom. The summed E-state index contributed by atoms with van der Waals surface area (Å²) in [5, 5.41) is 7.19. The summed E-state index contributed by atoms with van der Waals surface area (Å²) in [4.78, 5) is 14.3. The number of nitrogens with zero attached hydrogens (tertiary/aromatic N) is 1. The van der Waals surface area contributed by atoms with Crippen LogP contribution in [0, 0.1) is 0 Å². The van der Waals surface area contributed by atoms with Gasteiger partial charge in [-0.25, -0.2) is 0 Å². The van der Waals surface area contributed by atoms with Gasteiger partial charge in [0.05, 0.1) is 12.2 Å². The predicted octanol–water partition coefficient (Wildman–Crippen LogP) is 2.22. The quantitative estimate of drug-likeness (QED) is 0.723. The minimum atomic E-state index is 0.0910. The number of anilines is 1. The first kappa shape index (κ1) is 18.3. The van der Waals surface area contributed by atoms with Crippen LogP contribution in [-0.2, 0) is 14.9 Å². The molecule has 0 aromatic heterocycles. The molecule has 1 aromatic carbocycles. The van der Waals surface area contributed by atoms with Gasteiger partial charge in [0, 0.05) is 44.4 Å². The molecule has 0 bridgehead atoms. The Kier molecular flexibility index (Phi) is 5.71. The number of amides is 1. The molecule has 1 saturated carbocycles. The molecule has 1 saturated heterocycles. The summed E-state index contributed by atoms with van der Waals surface area (Å²) < 4.78 is 10.6. The van der Waals surface area contributed by atoms with E-state index in [9.17, 15) is 4.79 Å². The molecule has 1 aliphatic heterocycles. The van der Waals surface area contributed by atoms with Crippen molar-refractivity contribution >= 4 is 23.2 Å². The first-order valence-corrected chi connectivity index (χ1v) is 9.09. The lowest BCUT2D eigenvalue weighted by Crippen LogP contribution is -2.48. The van der Waals surface area contributed by atoms with Gasteiger partial charge in [-0.3, -0.25) is 4.79 Å². The number of carbonyl (C=O) groups excluding carboxylic acids is 1. The van der Waals surface area contributed by atoms with E-state index in [1.165, 1.54) is 0 Å². The largest absolute Gasteiger partial charge is 0.465 e. The molecule has 2 fully saturated rings. The van der Waals surface area contributed by atoms with Crippen LogP contribution >= 0.6 is 11.6 Å². The molecule has 2 aliphatic rings. The number of carbonyl (C=O) groups is 1. The molecule has 1 aliphatic carbocycles. The Morgan fingerprint density at radius 3 is 2.72 bits per heavy atom. The maximum Gasteiger partial charge on any atom is 0.241 e. The summed E-state index contributed by atoms with van der Waals surface area (Å²) in [7, 11) is 1.57. The minimum absolute atomic E-state index is 0.0910. The molecule has 0 atom stereocenters. The molecule has 1 heterocycles. The van der Waals surface area contributed by atoms with Crippen LogP contribution in [0.2, 0.25) is 5.02 Å². The van der Waals surface area contributed by atoms with Crippen LogP contribution in [0.4, 0.5) is 5.69 Å². The standard InChI is InChI=1S/C18H26ClN3O3/c1-18(3-4-18)13-9-15(16(10-14(13)19)25-12-24-2)21-11-17(23)22-7-5-20-6-8-22/h9-10,20-21H,3-8,11-12H2,1-2H3. The van der Waals surface area contributed by atoms with E-state index < -0.39 is 0 Å². The number of rotatable bonds is 7. The SMILES string of the molecule is COCOc1cc(Cl)c(C2(C)CC2)cc1NCC(=O)N1CCNCC1. The molecule has 0 radical (unpaired) electrons. The van der Waals surface area contributed by atoms with E-state index >= 15 is 0 Å². The third-order valence-electron chi connectivity index (χ3n) is 4.95. The normalized spacial score (nSPS) is 18.8. The Hall–Kier alpha value is -1.50. The molecule has 0 spiro atoms. The lowest BCUT2D eigenvalue weighted by Gasteiger charge is -2.28. The zero-order valence-corrected chi connectivity index (χ0v) is 15.6. The van der Waals surface area contributed by atoms with E-state index in [2.05, 4.69) is 17.6 Å². The highest BCUT2D eigenvalue weighted by atomic mass is 35.5. The molecule has 138 valence electrons. The van der Waals surface area contributed by atoms with Crippen LogP contribution < -0.4 is 15.4 Å². The number of ether oxygens (including phenoxy) is 2. The van der Waals surface area contributed by atoms with Crippen molar-refractivity contribution in [2.75, 3.05) is 51.9 Å². The zero-order chi connectivity index (χ0) is 17.9. The first-order chi connectivity index (χ1) is 12.0. The van der Waals surface area contributed by atoms with E-state index in [-0.39, 0.29) is 24.7 Å². The van der Waals surface area contributed by atoms with Crippen molar-refractivity contribution < 1.29 is 14.3 Å². The van der Waals surface area contributed by atoms with Crippen LogP contribution in [0.5, 0.6) is 5.75 Å². The maximum atomic E-state index is 12.4. The number of hydrogen-bond donors (Lipinski definition) is 2. The highest BCUT2D eigenvalue weighted by molar-refractivity contribution is 6.31. The van der Waals surface area contributed by atoms with Crippen molar-refractivity contribution in [3.8, 4) is 5.75 Å². The summed E-state index contributed by atoms with van der Waals surface area (Å²) in [6.45, 7) is 5.76. The van der Waals surface area contributed by atoms with Crippen LogP contribution in [0.25, 0.3) is 0 Å². The second kappa shape index (κ2) is 7.81. The zero-order valence-electron chi connectivity index (χ0n) is 14.9.